The molecule has 6 aliphatic rings. The van der Waals surface area contributed by atoms with Crippen LogP contribution in [0.25, 0.3) is 66.6 Å². The van der Waals surface area contributed by atoms with E-state index in [1.807, 2.05) is 48.5 Å². The Morgan fingerprint density at radius 2 is 0.521 bits per heavy atom. The lowest BCUT2D eigenvalue weighted by molar-refractivity contribution is -0.277. The van der Waals surface area contributed by atoms with Crippen molar-refractivity contribution in [3.05, 3.63) is 144 Å². The minimum atomic E-state index is -1.73. The number of aromatic amines is 2. The molecular formula is C68H74N4O24. The van der Waals surface area contributed by atoms with Gasteiger partial charge in [-0.2, -0.15) is 0 Å². The van der Waals surface area contributed by atoms with Crippen molar-refractivity contribution < 1.29 is 120 Å². The van der Waals surface area contributed by atoms with E-state index >= 15 is 0 Å². The van der Waals surface area contributed by atoms with Gasteiger partial charge < -0.3 is 130 Å². The first kappa shape index (κ1) is 67.0. The summed E-state index contributed by atoms with van der Waals surface area (Å²) in [5.41, 5.74) is 8.96. The number of rotatable bonds is 16. The molecule has 7 aromatic rings. The van der Waals surface area contributed by atoms with Gasteiger partial charge in [-0.3, -0.25) is 9.97 Å². The molecule has 9 heterocycles. The van der Waals surface area contributed by atoms with Crippen molar-refractivity contribution >= 4 is 22.1 Å². The van der Waals surface area contributed by atoms with E-state index in [-0.39, 0.29) is 23.0 Å². The van der Waals surface area contributed by atoms with E-state index < -0.39 is 149 Å². The van der Waals surface area contributed by atoms with Gasteiger partial charge >= 0.3 is 0 Å². The number of fused-ring (bicyclic) bond motifs is 8. The van der Waals surface area contributed by atoms with Crippen molar-refractivity contribution in [3.63, 3.8) is 0 Å². The lowest BCUT2D eigenvalue weighted by atomic mass is 9.99. The summed E-state index contributed by atoms with van der Waals surface area (Å²) in [6.07, 6.45) is -30.2. The summed E-state index contributed by atoms with van der Waals surface area (Å²) in [5.74, 6) is 0.660. The molecular weight excluding hydrogens is 1260 g/mol. The Balaban J connectivity index is 1.03. The standard InChI is InChI=1S/C68H74N4O24/c73-25-45-53(77)57(81)61(85)65(93-45)89-33-9-1-5-29(21-33)49-37-13-15-39(69-37)50(30-6-2-10-34(22-30)90-66-62(86)58(82)54(78)46(26-74)94-66)41-17-19-43(71-41)52(32-8-4-12-36(24-32)92-68-64(88)60(84)56(80)48(28-76)96-68)44-20-18-42(72-44)51(40-16-14-38(49)70-40)31-7-3-11-35(23-31)91-67-63(87)59(83)55(79)47(27-75)95-67/h1-13,15,18,20-24,45-48,53-69,72-88H,14,16-17,19,25-28H2/t45-,46-,47-,48-,53+,54+,55+,56+,57+,58+,59+,60+,61-,62-,63-,64-,65?,66?,67?,68?/m1/s1. The lowest BCUT2D eigenvalue weighted by Gasteiger charge is -2.39. The predicted octanol–water partition coefficient (Wildman–Crippen LogP) is -0.732. The summed E-state index contributed by atoms with van der Waals surface area (Å²) >= 11 is 0. The van der Waals surface area contributed by atoms with Crippen LogP contribution in [0.5, 0.6) is 23.0 Å². The second-order valence-electron chi connectivity index (χ2n) is 24.5. The van der Waals surface area contributed by atoms with Crippen molar-refractivity contribution in [1.82, 2.24) is 19.9 Å². The fourth-order valence-corrected chi connectivity index (χ4v) is 13.1. The molecule has 8 bridgehead atoms. The van der Waals surface area contributed by atoms with Gasteiger partial charge in [0.1, 0.15) is 121 Å². The number of H-pyrrole nitrogens is 2. The molecule has 4 saturated heterocycles. The molecule has 3 aromatic heterocycles. The number of hydrogen-bond donors (Lipinski definition) is 18. The zero-order valence-electron chi connectivity index (χ0n) is 51.1. The van der Waals surface area contributed by atoms with E-state index in [1.165, 1.54) is 0 Å². The summed E-state index contributed by atoms with van der Waals surface area (Å²) in [6.45, 7) is -2.74. The first-order chi connectivity index (χ1) is 46.3. The van der Waals surface area contributed by atoms with E-state index in [0.29, 0.717) is 115 Å². The average molecular weight is 1330 g/mol. The Labute approximate surface area is 546 Å². The third-order valence-corrected chi connectivity index (χ3v) is 18.2. The van der Waals surface area contributed by atoms with E-state index in [1.54, 1.807) is 72.8 Å². The molecule has 28 heteroatoms. The topological polar surface area (TPSA) is 455 Å². The summed E-state index contributed by atoms with van der Waals surface area (Å²) in [7, 11) is 0. The van der Waals surface area contributed by atoms with Crippen molar-refractivity contribution in [3.8, 4) is 67.5 Å². The number of aryl methyl sites for hydroxylation is 4. The van der Waals surface area contributed by atoms with Gasteiger partial charge in [-0.1, -0.05) is 48.5 Å². The van der Waals surface area contributed by atoms with Gasteiger partial charge in [-0.25, -0.2) is 0 Å². The van der Waals surface area contributed by atoms with Crippen molar-refractivity contribution in [2.24, 2.45) is 0 Å². The molecule has 0 aliphatic carbocycles. The molecule has 28 nitrogen and oxygen atoms in total. The lowest BCUT2D eigenvalue weighted by Crippen LogP contribution is -2.60. The SMILES string of the molecule is OC[C@H]1OC(Oc2cccc(-c3c4nc(c(-c5cccc(OC6O[C@H](CO)[C@H](O)[C@H](O)[C@H]6O)c5)c5ccc([nH]5)c(-c5cccc(OC6O[C@H](CO)[C@H](O)[C@H](O)[C@H]6O)c5)c5nc(c(-c6cccc(OC7O[C@H](CO)[C@H](O)[C@H](O)[C@H]7O)c6)c6ccc3[nH]6)CC5)CC4)c2)[C@H](O)[C@@H](O)[C@H]1O. The first-order valence-electron chi connectivity index (χ1n) is 31.4. The molecule has 96 heavy (non-hydrogen) atoms. The van der Waals surface area contributed by atoms with Crippen LogP contribution in [0.15, 0.2) is 121 Å². The molecule has 20 atom stereocenters. The molecule has 0 saturated carbocycles. The van der Waals surface area contributed by atoms with Crippen LogP contribution in [0, 0.1) is 0 Å². The molecule has 510 valence electrons. The van der Waals surface area contributed by atoms with Crippen molar-refractivity contribution in [2.45, 2.75) is 149 Å². The Morgan fingerprint density at radius 3 is 0.729 bits per heavy atom. The third-order valence-electron chi connectivity index (χ3n) is 18.2. The van der Waals surface area contributed by atoms with E-state index in [4.69, 9.17) is 47.9 Å². The summed E-state index contributed by atoms with van der Waals surface area (Å²) in [6, 6.07) is 34.7. The maximum absolute atomic E-state index is 11.1. The Morgan fingerprint density at radius 1 is 0.302 bits per heavy atom. The van der Waals surface area contributed by atoms with Gasteiger partial charge in [-0.05, 0) is 121 Å². The fourth-order valence-electron chi connectivity index (χ4n) is 13.1. The number of ether oxygens (including phenoxy) is 8. The molecule has 0 amide bonds. The van der Waals surface area contributed by atoms with Crippen LogP contribution in [0.4, 0.5) is 0 Å². The number of aliphatic hydroxyl groups excluding tert-OH is 16. The Hall–Kier alpha value is -7.60. The normalized spacial score (nSPS) is 31.6. The summed E-state index contributed by atoms with van der Waals surface area (Å²) in [5, 5.41) is 170. The highest BCUT2D eigenvalue weighted by atomic mass is 16.7. The minimum absolute atomic E-state index is 0.165. The quantitative estimate of drug-likeness (QED) is 0.0567. The molecule has 6 aliphatic heterocycles. The van der Waals surface area contributed by atoms with Gasteiger partial charge in [0.15, 0.2) is 0 Å². The second kappa shape index (κ2) is 28.1. The van der Waals surface area contributed by atoms with Crippen LogP contribution in [0.1, 0.15) is 22.8 Å². The van der Waals surface area contributed by atoms with E-state index in [2.05, 4.69) is 9.97 Å². The number of aromatic nitrogens is 4. The maximum Gasteiger partial charge on any atom is 0.229 e. The highest BCUT2D eigenvalue weighted by Gasteiger charge is 2.48. The zero-order valence-corrected chi connectivity index (χ0v) is 51.1. The molecule has 0 radical (unpaired) electrons. The summed E-state index contributed by atoms with van der Waals surface area (Å²) in [4.78, 5) is 18.3. The highest BCUT2D eigenvalue weighted by Crippen LogP contribution is 2.42. The molecule has 4 fully saturated rings. The Bertz CT molecular complexity index is 3580. The van der Waals surface area contributed by atoms with Gasteiger partial charge in [0.05, 0.1) is 49.2 Å². The van der Waals surface area contributed by atoms with Gasteiger partial charge in [-0.15, -0.1) is 0 Å². The number of nitrogens with one attached hydrogen (secondary N) is 2. The van der Waals surface area contributed by atoms with Crippen LogP contribution >= 0.6 is 0 Å². The van der Waals surface area contributed by atoms with Crippen LogP contribution in [-0.2, 0) is 44.6 Å². The number of aliphatic hydroxyl groups is 16. The van der Waals surface area contributed by atoms with E-state index in [9.17, 15) is 81.7 Å². The first-order valence-corrected chi connectivity index (χ1v) is 31.4. The predicted molar refractivity (Wildman–Crippen MR) is 335 cm³/mol. The average Bonchev–Trinajstić information content (AvgIpc) is 1.62. The van der Waals surface area contributed by atoms with Crippen molar-refractivity contribution in [1.29, 1.82) is 0 Å². The maximum atomic E-state index is 11.1. The largest absolute Gasteiger partial charge is 0.462 e. The monoisotopic (exact) mass is 1330 g/mol. The molecule has 4 unspecified atom stereocenters. The third kappa shape index (κ3) is 13.0. The van der Waals surface area contributed by atoms with Gasteiger partial charge in [0.2, 0.25) is 25.2 Å². The van der Waals surface area contributed by atoms with Crippen LogP contribution in [0.2, 0.25) is 0 Å². The number of nitrogens with zero attached hydrogens (tertiary/aromatic N) is 2. The van der Waals surface area contributed by atoms with Crippen molar-refractivity contribution in [2.75, 3.05) is 26.4 Å². The molecule has 0 spiro atoms. The van der Waals surface area contributed by atoms with Crippen LogP contribution in [-0.4, -0.2) is 251 Å². The molecule has 4 aromatic carbocycles. The molecule has 13 rings (SSSR count). The van der Waals surface area contributed by atoms with Crippen LogP contribution < -0.4 is 18.9 Å². The minimum Gasteiger partial charge on any atom is -0.462 e. The summed E-state index contributed by atoms with van der Waals surface area (Å²) < 4.78 is 47.8. The number of hydrogen-bond acceptors (Lipinski definition) is 26. The Kier molecular flexibility index (Phi) is 19.6. The molecule has 18 N–H and O–H groups in total. The fraction of sp³-hybridized carbons (Fsp3) is 0.412. The van der Waals surface area contributed by atoms with Crippen LogP contribution in [0.3, 0.4) is 0 Å². The number of benzene rings is 4. The smallest absolute Gasteiger partial charge is 0.229 e. The zero-order chi connectivity index (χ0) is 67.4. The van der Waals surface area contributed by atoms with Gasteiger partial charge in [0, 0.05) is 44.3 Å². The highest BCUT2D eigenvalue weighted by molar-refractivity contribution is 5.92. The van der Waals surface area contributed by atoms with E-state index in [0.717, 1.165) is 0 Å². The van der Waals surface area contributed by atoms with Gasteiger partial charge in [0.25, 0.3) is 0 Å². The second-order valence-corrected chi connectivity index (χ2v) is 24.5.